The zero-order valence-corrected chi connectivity index (χ0v) is 20.9. The predicted octanol–water partition coefficient (Wildman–Crippen LogP) is 7.49. The van der Waals surface area contributed by atoms with Crippen molar-refractivity contribution < 1.29 is 18.9 Å². The molecule has 0 aromatic heterocycles. The van der Waals surface area contributed by atoms with Crippen LogP contribution in [0.4, 0.5) is 0 Å². The summed E-state index contributed by atoms with van der Waals surface area (Å²) in [5.41, 5.74) is 0.367. The van der Waals surface area contributed by atoms with E-state index in [9.17, 15) is 0 Å². The lowest BCUT2D eigenvalue weighted by molar-refractivity contribution is -0.407. The summed E-state index contributed by atoms with van der Waals surface area (Å²) < 4.78 is 24.6. The highest BCUT2D eigenvalue weighted by Crippen LogP contribution is 2.38. The molecule has 1 fully saturated rings. The molecule has 180 valence electrons. The van der Waals surface area contributed by atoms with Gasteiger partial charge in [-0.2, -0.15) is 0 Å². The highest BCUT2D eigenvalue weighted by molar-refractivity contribution is 4.82. The maximum Gasteiger partial charge on any atom is 0.285 e. The summed E-state index contributed by atoms with van der Waals surface area (Å²) in [5.74, 6) is -0.583. The van der Waals surface area contributed by atoms with Crippen molar-refractivity contribution in [3.8, 4) is 0 Å². The molecule has 0 radical (unpaired) electrons. The van der Waals surface area contributed by atoms with Crippen LogP contribution in [0.5, 0.6) is 0 Å². The topological polar surface area (TPSA) is 36.9 Å². The first kappa shape index (κ1) is 27.9. The van der Waals surface area contributed by atoms with Gasteiger partial charge >= 0.3 is 0 Å². The first-order valence-electron chi connectivity index (χ1n) is 13.1. The summed E-state index contributed by atoms with van der Waals surface area (Å²) in [7, 11) is 0. The summed E-state index contributed by atoms with van der Waals surface area (Å²) in [5, 5.41) is 0. The molecule has 0 spiro atoms. The number of unbranched alkanes of at least 4 members (excludes halogenated alkanes) is 5. The minimum absolute atomic E-state index is 0.290. The fourth-order valence-electron chi connectivity index (χ4n) is 4.25. The maximum atomic E-state index is 6.39. The van der Waals surface area contributed by atoms with Crippen LogP contribution in [0.25, 0.3) is 0 Å². The van der Waals surface area contributed by atoms with Gasteiger partial charge in [0, 0.05) is 11.3 Å². The van der Waals surface area contributed by atoms with Crippen LogP contribution >= 0.6 is 0 Å². The zero-order chi connectivity index (χ0) is 22.1. The minimum Gasteiger partial charge on any atom is -0.380 e. The molecule has 1 rings (SSSR count). The van der Waals surface area contributed by atoms with E-state index in [0.29, 0.717) is 25.2 Å². The quantitative estimate of drug-likeness (QED) is 0.140. The van der Waals surface area contributed by atoms with Gasteiger partial charge < -0.3 is 18.9 Å². The highest BCUT2D eigenvalue weighted by atomic mass is 16.9. The van der Waals surface area contributed by atoms with Gasteiger partial charge in [0.2, 0.25) is 0 Å². The summed E-state index contributed by atoms with van der Waals surface area (Å²) in [4.78, 5) is 0. The van der Waals surface area contributed by atoms with Gasteiger partial charge in [-0.1, -0.05) is 79.6 Å². The molecular weight excluding hydrogens is 376 g/mol. The third-order valence-electron chi connectivity index (χ3n) is 6.16. The normalized spacial score (nSPS) is 17.1. The van der Waals surface area contributed by atoms with Gasteiger partial charge in [0.1, 0.15) is 0 Å². The zero-order valence-electron chi connectivity index (χ0n) is 20.9. The number of hydrogen-bond donors (Lipinski definition) is 0. The third kappa shape index (κ3) is 10.4. The van der Waals surface area contributed by atoms with Crippen LogP contribution in [0.1, 0.15) is 118 Å². The Balaban J connectivity index is 2.80. The van der Waals surface area contributed by atoms with Crippen molar-refractivity contribution in [2.45, 2.75) is 124 Å². The number of rotatable bonds is 21. The average Bonchev–Trinajstić information content (AvgIpc) is 2.73. The van der Waals surface area contributed by atoms with Gasteiger partial charge in [0.25, 0.3) is 5.97 Å². The summed E-state index contributed by atoms with van der Waals surface area (Å²) in [6.45, 7) is 15.0. The van der Waals surface area contributed by atoms with Crippen LogP contribution in [-0.2, 0) is 18.9 Å². The van der Waals surface area contributed by atoms with E-state index in [1.807, 2.05) is 0 Å². The molecule has 4 heteroatoms. The molecule has 0 N–H and O–H groups in total. The van der Waals surface area contributed by atoms with E-state index in [1.54, 1.807) is 0 Å². The van der Waals surface area contributed by atoms with Crippen molar-refractivity contribution in [1.82, 2.24) is 0 Å². The molecule has 1 unspecified atom stereocenters. The fraction of sp³-hybridized carbons (Fsp3) is 1.00. The number of ether oxygens (including phenoxy) is 4. The van der Waals surface area contributed by atoms with E-state index < -0.39 is 5.97 Å². The van der Waals surface area contributed by atoms with Crippen molar-refractivity contribution >= 4 is 0 Å². The first-order chi connectivity index (χ1) is 14.6. The molecule has 1 heterocycles. The second-order valence-electron chi connectivity index (χ2n) is 9.60. The van der Waals surface area contributed by atoms with Gasteiger partial charge in [0.15, 0.2) is 0 Å². The maximum absolute atomic E-state index is 6.39. The molecule has 1 aliphatic rings. The Bertz CT molecular complexity index is 373. The molecule has 0 amide bonds. The number of hydrogen-bond acceptors (Lipinski definition) is 4. The molecule has 4 nitrogen and oxygen atoms in total. The van der Waals surface area contributed by atoms with Crippen molar-refractivity contribution in [3.63, 3.8) is 0 Å². The molecule has 1 saturated heterocycles. The molecule has 0 saturated carbocycles. The van der Waals surface area contributed by atoms with Crippen molar-refractivity contribution in [2.75, 3.05) is 33.0 Å². The van der Waals surface area contributed by atoms with E-state index in [1.165, 1.54) is 51.4 Å². The predicted molar refractivity (Wildman–Crippen MR) is 126 cm³/mol. The summed E-state index contributed by atoms with van der Waals surface area (Å²) >= 11 is 0. The Morgan fingerprint density at radius 1 is 0.700 bits per heavy atom. The Morgan fingerprint density at radius 3 is 1.67 bits per heavy atom. The highest BCUT2D eigenvalue weighted by Gasteiger charge is 2.42. The molecule has 1 atom stereocenters. The van der Waals surface area contributed by atoms with E-state index in [2.05, 4.69) is 34.6 Å². The van der Waals surface area contributed by atoms with Gasteiger partial charge in [-0.05, 0) is 38.5 Å². The van der Waals surface area contributed by atoms with Crippen LogP contribution in [0.3, 0.4) is 0 Å². The molecular formula is C26H52O4. The fourth-order valence-corrected chi connectivity index (χ4v) is 4.25. The minimum atomic E-state index is -0.873. The Labute approximate surface area is 187 Å². The van der Waals surface area contributed by atoms with Crippen LogP contribution in [0.15, 0.2) is 0 Å². The monoisotopic (exact) mass is 428 g/mol. The van der Waals surface area contributed by atoms with Gasteiger partial charge in [-0.25, -0.2) is 0 Å². The van der Waals surface area contributed by atoms with E-state index >= 15 is 0 Å². The smallest absolute Gasteiger partial charge is 0.285 e. The molecule has 0 bridgehead atoms. The SMILES string of the molecule is CCCCCCCCC(CCCC1(C)COC1)C(OCCC)(OCCC)OCCC. The standard InChI is InChI=1S/C26H52O4/c1-6-10-11-12-13-14-16-24(17-15-18-25(5)22-27-23-25)26(28-19-7-2,29-20-8-3)30-21-9-4/h24H,6-23H2,1-5H3. The average molecular weight is 429 g/mol. The Morgan fingerprint density at radius 2 is 1.20 bits per heavy atom. The lowest BCUT2D eigenvalue weighted by atomic mass is 9.81. The second-order valence-corrected chi connectivity index (χ2v) is 9.60. The van der Waals surface area contributed by atoms with E-state index in [-0.39, 0.29) is 5.92 Å². The van der Waals surface area contributed by atoms with Crippen LogP contribution < -0.4 is 0 Å². The van der Waals surface area contributed by atoms with E-state index in [4.69, 9.17) is 18.9 Å². The first-order valence-corrected chi connectivity index (χ1v) is 13.1. The van der Waals surface area contributed by atoms with Crippen molar-refractivity contribution in [3.05, 3.63) is 0 Å². The van der Waals surface area contributed by atoms with Crippen LogP contribution in [-0.4, -0.2) is 39.0 Å². The Hall–Kier alpha value is -0.160. The third-order valence-corrected chi connectivity index (χ3v) is 6.16. The molecule has 0 aromatic rings. The molecule has 30 heavy (non-hydrogen) atoms. The molecule has 0 aliphatic carbocycles. The van der Waals surface area contributed by atoms with Crippen molar-refractivity contribution in [2.24, 2.45) is 11.3 Å². The molecule has 0 aromatic carbocycles. The van der Waals surface area contributed by atoms with Gasteiger partial charge in [0.05, 0.1) is 33.0 Å². The lowest BCUT2D eigenvalue weighted by Crippen LogP contribution is -2.47. The van der Waals surface area contributed by atoms with Crippen LogP contribution in [0.2, 0.25) is 0 Å². The Kier molecular flexibility index (Phi) is 15.3. The van der Waals surface area contributed by atoms with Crippen molar-refractivity contribution in [1.29, 1.82) is 0 Å². The summed E-state index contributed by atoms with van der Waals surface area (Å²) in [6, 6.07) is 0. The second kappa shape index (κ2) is 16.5. The summed E-state index contributed by atoms with van der Waals surface area (Å²) in [6.07, 6.45) is 15.4. The van der Waals surface area contributed by atoms with Crippen LogP contribution in [0, 0.1) is 11.3 Å². The lowest BCUT2D eigenvalue weighted by Gasteiger charge is -2.41. The van der Waals surface area contributed by atoms with E-state index in [0.717, 1.165) is 45.3 Å². The molecule has 1 aliphatic heterocycles. The van der Waals surface area contributed by atoms with Gasteiger partial charge in [-0.3, -0.25) is 0 Å². The van der Waals surface area contributed by atoms with Gasteiger partial charge in [-0.15, -0.1) is 0 Å². The largest absolute Gasteiger partial charge is 0.380 e.